The van der Waals surface area contributed by atoms with Gasteiger partial charge in [-0.2, -0.15) is 4.98 Å². The molecule has 0 fully saturated rings. The molecule has 0 atom stereocenters. The Kier molecular flexibility index (Phi) is 4.58. The molecule has 0 amide bonds. The third-order valence-corrected chi connectivity index (χ3v) is 4.25. The highest BCUT2D eigenvalue weighted by molar-refractivity contribution is 5.66. The molecule has 4 rings (SSSR count). The molecule has 134 valence electrons. The Hall–Kier alpha value is -3.60. The molecule has 4 aromatic rings. The van der Waals surface area contributed by atoms with Crippen LogP contribution < -0.4 is 10.1 Å². The molecule has 0 unspecified atom stereocenters. The van der Waals surface area contributed by atoms with Gasteiger partial charge in [0.15, 0.2) is 0 Å². The van der Waals surface area contributed by atoms with Gasteiger partial charge in [-0.3, -0.25) is 0 Å². The molecule has 27 heavy (non-hydrogen) atoms. The van der Waals surface area contributed by atoms with E-state index < -0.39 is 0 Å². The van der Waals surface area contributed by atoms with Crippen LogP contribution in [0.5, 0.6) is 5.75 Å². The number of aromatic nitrogens is 2. The lowest BCUT2D eigenvalue weighted by molar-refractivity contribution is 0.415. The Morgan fingerprint density at radius 1 is 0.778 bits per heavy atom. The van der Waals surface area contributed by atoms with Gasteiger partial charge in [-0.05, 0) is 67.6 Å². The molecule has 0 aliphatic heterocycles. The van der Waals surface area contributed by atoms with Crippen molar-refractivity contribution in [1.82, 2.24) is 10.1 Å². The minimum atomic E-state index is 0.519. The van der Waals surface area contributed by atoms with E-state index in [-0.39, 0.29) is 0 Å². The number of hydrogen-bond donors (Lipinski definition) is 1. The number of methoxy groups -OCH3 is 1. The molecule has 0 saturated heterocycles. The minimum absolute atomic E-state index is 0.519. The molecule has 0 aliphatic carbocycles. The van der Waals surface area contributed by atoms with Gasteiger partial charge in [0.25, 0.3) is 5.89 Å². The van der Waals surface area contributed by atoms with E-state index in [2.05, 4.69) is 15.5 Å². The van der Waals surface area contributed by atoms with E-state index in [0.717, 1.165) is 28.3 Å². The summed E-state index contributed by atoms with van der Waals surface area (Å²) in [5, 5.41) is 7.45. The van der Waals surface area contributed by atoms with Gasteiger partial charge in [0.2, 0.25) is 5.82 Å². The first-order chi connectivity index (χ1) is 13.2. The summed E-state index contributed by atoms with van der Waals surface area (Å²) in [6, 6.07) is 23.7. The lowest BCUT2D eigenvalue weighted by atomic mass is 10.1. The van der Waals surface area contributed by atoms with E-state index in [4.69, 9.17) is 9.26 Å². The van der Waals surface area contributed by atoms with Gasteiger partial charge in [0.05, 0.1) is 7.11 Å². The van der Waals surface area contributed by atoms with Gasteiger partial charge < -0.3 is 14.6 Å². The predicted octanol–water partition coefficient (Wildman–Crippen LogP) is 5.46. The second-order valence-electron chi connectivity index (χ2n) is 6.22. The zero-order chi connectivity index (χ0) is 18.6. The summed E-state index contributed by atoms with van der Waals surface area (Å²) in [5.41, 5.74) is 4.98. The van der Waals surface area contributed by atoms with E-state index >= 15 is 0 Å². The van der Waals surface area contributed by atoms with Crippen molar-refractivity contribution in [2.24, 2.45) is 0 Å². The highest BCUT2D eigenvalue weighted by Gasteiger charge is 2.10. The summed E-state index contributed by atoms with van der Waals surface area (Å²) in [7, 11) is 1.66. The van der Waals surface area contributed by atoms with Gasteiger partial charge in [-0.15, -0.1) is 0 Å². The smallest absolute Gasteiger partial charge is 0.258 e. The summed E-state index contributed by atoms with van der Waals surface area (Å²) in [4.78, 5) is 4.50. The Morgan fingerprint density at radius 3 is 2.00 bits per heavy atom. The quantitative estimate of drug-likeness (QED) is 0.513. The lowest BCUT2D eigenvalue weighted by Crippen LogP contribution is -1.91. The molecule has 5 nitrogen and oxygen atoms in total. The molecule has 0 saturated carbocycles. The number of aryl methyl sites for hydroxylation is 1. The highest BCUT2D eigenvalue weighted by Crippen LogP contribution is 2.25. The van der Waals surface area contributed by atoms with Crippen LogP contribution >= 0.6 is 0 Å². The number of hydrogen-bond acceptors (Lipinski definition) is 5. The predicted molar refractivity (Wildman–Crippen MR) is 106 cm³/mol. The Morgan fingerprint density at radius 2 is 1.37 bits per heavy atom. The van der Waals surface area contributed by atoms with E-state index in [0.29, 0.717) is 11.7 Å². The van der Waals surface area contributed by atoms with Crippen LogP contribution in [-0.4, -0.2) is 17.3 Å². The second kappa shape index (κ2) is 7.33. The van der Waals surface area contributed by atoms with Crippen molar-refractivity contribution in [2.75, 3.05) is 12.4 Å². The first kappa shape index (κ1) is 16.8. The number of anilines is 2. The second-order valence-corrected chi connectivity index (χ2v) is 6.22. The molecule has 0 aliphatic rings. The van der Waals surface area contributed by atoms with Crippen LogP contribution in [-0.2, 0) is 0 Å². The fraction of sp³-hybridized carbons (Fsp3) is 0.0909. The fourth-order valence-electron chi connectivity index (χ4n) is 2.70. The van der Waals surface area contributed by atoms with Crippen molar-refractivity contribution in [3.63, 3.8) is 0 Å². The van der Waals surface area contributed by atoms with Crippen LogP contribution in [0.2, 0.25) is 0 Å². The van der Waals surface area contributed by atoms with E-state index in [9.17, 15) is 0 Å². The lowest BCUT2D eigenvalue weighted by Gasteiger charge is -2.07. The summed E-state index contributed by atoms with van der Waals surface area (Å²) in [6.07, 6.45) is 0. The standard InChI is InChI=1S/C22H19N3O2/c1-15-3-5-17(6-4-15)22-24-21(25-27-22)16-7-9-18(10-8-16)23-19-11-13-20(26-2)14-12-19/h3-14,23H,1-2H3. The summed E-state index contributed by atoms with van der Waals surface area (Å²) in [6.45, 7) is 2.05. The molecule has 0 spiro atoms. The van der Waals surface area contributed by atoms with Crippen LogP contribution in [0.25, 0.3) is 22.8 Å². The van der Waals surface area contributed by atoms with E-state index in [1.54, 1.807) is 7.11 Å². The Bertz CT molecular complexity index is 1020. The summed E-state index contributed by atoms with van der Waals surface area (Å²) < 4.78 is 10.6. The average molecular weight is 357 g/mol. The minimum Gasteiger partial charge on any atom is -0.497 e. The monoisotopic (exact) mass is 357 g/mol. The van der Waals surface area contributed by atoms with Crippen LogP contribution in [0, 0.1) is 6.92 Å². The zero-order valence-electron chi connectivity index (χ0n) is 15.1. The Labute approximate surface area is 157 Å². The normalized spacial score (nSPS) is 10.6. The summed E-state index contributed by atoms with van der Waals surface area (Å²) in [5.74, 6) is 1.92. The van der Waals surface area contributed by atoms with E-state index in [1.807, 2.05) is 79.7 Å². The van der Waals surface area contributed by atoms with Crippen molar-refractivity contribution >= 4 is 11.4 Å². The molecule has 1 aromatic heterocycles. The third-order valence-electron chi connectivity index (χ3n) is 4.25. The van der Waals surface area contributed by atoms with Gasteiger partial charge in [-0.1, -0.05) is 22.9 Å². The number of nitrogens with one attached hydrogen (secondary N) is 1. The van der Waals surface area contributed by atoms with Gasteiger partial charge in [0, 0.05) is 22.5 Å². The molecule has 1 N–H and O–H groups in total. The van der Waals surface area contributed by atoms with Crippen LogP contribution in [0.3, 0.4) is 0 Å². The maximum atomic E-state index is 5.40. The molecule has 0 bridgehead atoms. The Balaban J connectivity index is 1.49. The molecule has 1 heterocycles. The van der Waals surface area contributed by atoms with Gasteiger partial charge in [-0.25, -0.2) is 0 Å². The number of nitrogens with zero attached hydrogens (tertiary/aromatic N) is 2. The fourth-order valence-corrected chi connectivity index (χ4v) is 2.70. The van der Waals surface area contributed by atoms with Gasteiger partial charge >= 0.3 is 0 Å². The van der Waals surface area contributed by atoms with Crippen LogP contribution in [0.4, 0.5) is 11.4 Å². The summed E-state index contributed by atoms with van der Waals surface area (Å²) >= 11 is 0. The molecule has 3 aromatic carbocycles. The van der Waals surface area contributed by atoms with Crippen LogP contribution in [0.15, 0.2) is 77.3 Å². The van der Waals surface area contributed by atoms with Crippen LogP contribution in [0.1, 0.15) is 5.56 Å². The van der Waals surface area contributed by atoms with Crippen molar-refractivity contribution < 1.29 is 9.26 Å². The molecular formula is C22H19N3O2. The van der Waals surface area contributed by atoms with Gasteiger partial charge in [0.1, 0.15) is 5.75 Å². The SMILES string of the molecule is COc1ccc(Nc2ccc(-c3noc(-c4ccc(C)cc4)n3)cc2)cc1. The number of ether oxygens (including phenoxy) is 1. The molecular weight excluding hydrogens is 338 g/mol. The number of rotatable bonds is 5. The highest BCUT2D eigenvalue weighted by atomic mass is 16.5. The molecule has 0 radical (unpaired) electrons. The largest absolute Gasteiger partial charge is 0.497 e. The topological polar surface area (TPSA) is 60.2 Å². The maximum Gasteiger partial charge on any atom is 0.258 e. The van der Waals surface area contributed by atoms with Crippen molar-refractivity contribution in [2.45, 2.75) is 6.92 Å². The van der Waals surface area contributed by atoms with E-state index in [1.165, 1.54) is 5.56 Å². The first-order valence-electron chi connectivity index (χ1n) is 8.63. The third kappa shape index (κ3) is 3.82. The van der Waals surface area contributed by atoms with Crippen molar-refractivity contribution in [3.05, 3.63) is 78.4 Å². The maximum absolute atomic E-state index is 5.40. The van der Waals surface area contributed by atoms with Crippen molar-refractivity contribution in [1.29, 1.82) is 0 Å². The molecule has 5 heteroatoms. The number of benzene rings is 3. The average Bonchev–Trinajstić information content (AvgIpc) is 3.20. The first-order valence-corrected chi connectivity index (χ1v) is 8.63. The zero-order valence-corrected chi connectivity index (χ0v) is 15.1. The van der Waals surface area contributed by atoms with Crippen molar-refractivity contribution in [3.8, 4) is 28.6 Å².